The van der Waals surface area contributed by atoms with Crippen LogP contribution in [0.4, 0.5) is 5.69 Å². The van der Waals surface area contributed by atoms with Gasteiger partial charge in [-0.1, -0.05) is 77.8 Å². The highest BCUT2D eigenvalue weighted by Gasteiger charge is 2.65. The molecule has 35 heavy (non-hydrogen) atoms. The topological polar surface area (TPSA) is 57.6 Å². The average Bonchev–Trinajstić information content (AvgIpc) is 3.04. The summed E-state index contributed by atoms with van der Waals surface area (Å²) in [5.74, 6) is -1.75. The summed E-state index contributed by atoms with van der Waals surface area (Å²) in [5.41, 5.74) is 2.53. The summed E-state index contributed by atoms with van der Waals surface area (Å²) in [6, 6.07) is 22.2. The van der Waals surface area contributed by atoms with Crippen LogP contribution in [0.3, 0.4) is 0 Å². The van der Waals surface area contributed by atoms with E-state index in [0.717, 1.165) is 25.0 Å². The van der Waals surface area contributed by atoms with Gasteiger partial charge in [-0.25, -0.2) is 0 Å². The Kier molecular flexibility index (Phi) is 7.79. The van der Waals surface area contributed by atoms with Gasteiger partial charge < -0.3 is 10.0 Å². The van der Waals surface area contributed by atoms with Gasteiger partial charge in [-0.05, 0) is 71.1 Å². The van der Waals surface area contributed by atoms with Crippen molar-refractivity contribution in [3.63, 3.8) is 0 Å². The van der Waals surface area contributed by atoms with E-state index < -0.39 is 22.7 Å². The van der Waals surface area contributed by atoms with E-state index in [1.165, 1.54) is 11.8 Å². The molecule has 1 amide bonds. The number of carboxylic acid groups (broad SMARTS) is 1. The molecule has 1 aliphatic rings. The van der Waals surface area contributed by atoms with Gasteiger partial charge in [-0.3, -0.25) is 9.59 Å². The molecule has 1 aliphatic heterocycles. The molecule has 4 rings (SSSR count). The molecule has 1 saturated heterocycles. The molecule has 4 nitrogen and oxygen atoms in total. The predicted octanol–water partition coefficient (Wildman–Crippen LogP) is 7.89. The number of hydrogen-bond donors (Lipinski definition) is 1. The van der Waals surface area contributed by atoms with Crippen molar-refractivity contribution in [3.05, 3.63) is 92.9 Å². The molecular weight excluding hydrogens is 590 g/mol. The maximum atomic E-state index is 14.3. The average molecular weight is 617 g/mol. The second kappa shape index (κ2) is 10.5. The van der Waals surface area contributed by atoms with Gasteiger partial charge in [0.15, 0.2) is 4.75 Å². The number of para-hydroxylation sites is 1. The zero-order valence-electron chi connectivity index (χ0n) is 19.7. The Labute approximate surface area is 227 Å². The van der Waals surface area contributed by atoms with Crippen LogP contribution in [-0.2, 0) is 9.59 Å². The third-order valence-electron chi connectivity index (χ3n) is 6.38. The summed E-state index contributed by atoms with van der Waals surface area (Å²) in [6.45, 7) is 6.07. The van der Waals surface area contributed by atoms with Crippen molar-refractivity contribution in [2.45, 2.75) is 42.9 Å². The minimum absolute atomic E-state index is 0.139. The molecule has 1 N–H and O–H groups in total. The number of benzene rings is 3. The van der Waals surface area contributed by atoms with E-state index in [1.54, 1.807) is 4.90 Å². The van der Waals surface area contributed by atoms with Crippen molar-refractivity contribution in [1.82, 2.24) is 0 Å². The molecule has 0 bridgehead atoms. The molecule has 3 atom stereocenters. The van der Waals surface area contributed by atoms with Crippen LogP contribution >= 0.6 is 43.6 Å². The van der Waals surface area contributed by atoms with Crippen molar-refractivity contribution in [2.24, 2.45) is 11.8 Å². The number of hydrogen-bond acceptors (Lipinski definition) is 3. The normalized spacial score (nSPS) is 22.1. The number of aryl methyl sites for hydroxylation is 1. The Morgan fingerprint density at radius 3 is 2.17 bits per heavy atom. The van der Waals surface area contributed by atoms with Crippen molar-refractivity contribution >= 4 is 61.2 Å². The lowest BCUT2D eigenvalue weighted by molar-refractivity contribution is -0.142. The number of carboxylic acids is 1. The van der Waals surface area contributed by atoms with Gasteiger partial charge in [0.05, 0.1) is 17.6 Å². The first-order valence-electron chi connectivity index (χ1n) is 11.5. The number of thioether (sulfide) groups is 1. The van der Waals surface area contributed by atoms with Crippen LogP contribution < -0.4 is 4.90 Å². The standard InChI is InChI=1S/C28H27Br2NO3S/c1-17(2)16-21-26(32)31(24-11-7-6-10-23(24)30)25(20-8-4-5-9-22(20)29)28(21,27(33)34)35-19-14-12-18(3)13-15-19/h4-15,17,21,25H,16H2,1-3H3,(H,33,34)/t21-,25+,28+/m0/s1. The fourth-order valence-corrected chi connectivity index (χ4v) is 7.23. The van der Waals surface area contributed by atoms with Crippen LogP contribution in [0.2, 0.25) is 0 Å². The minimum atomic E-state index is -1.45. The van der Waals surface area contributed by atoms with Crippen LogP contribution in [0, 0.1) is 18.8 Å². The highest BCUT2D eigenvalue weighted by Crippen LogP contribution is 2.59. The summed E-state index contributed by atoms with van der Waals surface area (Å²) in [6.07, 6.45) is 0.464. The molecule has 0 unspecified atom stereocenters. The van der Waals surface area contributed by atoms with Gasteiger partial charge in [0, 0.05) is 13.8 Å². The molecule has 182 valence electrons. The monoisotopic (exact) mass is 615 g/mol. The largest absolute Gasteiger partial charge is 0.480 e. The second-order valence-corrected chi connectivity index (χ2v) is 12.3. The molecule has 0 spiro atoms. The van der Waals surface area contributed by atoms with Crippen molar-refractivity contribution in [2.75, 3.05) is 4.90 Å². The number of carbonyl (C=O) groups excluding carboxylic acids is 1. The molecule has 7 heteroatoms. The molecule has 3 aromatic rings. The first-order chi connectivity index (χ1) is 16.7. The van der Waals surface area contributed by atoms with Crippen LogP contribution in [0.5, 0.6) is 0 Å². The molecule has 0 aliphatic carbocycles. The number of carbonyl (C=O) groups is 2. The molecule has 0 aromatic heterocycles. The van der Waals surface area contributed by atoms with E-state index in [0.29, 0.717) is 12.1 Å². The van der Waals surface area contributed by atoms with Crippen LogP contribution in [0.15, 0.2) is 86.6 Å². The van der Waals surface area contributed by atoms with E-state index in [4.69, 9.17) is 0 Å². The Morgan fingerprint density at radius 2 is 1.60 bits per heavy atom. The molecule has 0 saturated carbocycles. The highest BCUT2D eigenvalue weighted by molar-refractivity contribution is 9.11. The summed E-state index contributed by atoms with van der Waals surface area (Å²) in [7, 11) is 0. The number of amides is 1. The molecule has 1 fully saturated rings. The molecule has 0 radical (unpaired) electrons. The van der Waals surface area contributed by atoms with Crippen LogP contribution in [0.25, 0.3) is 0 Å². The Hall–Kier alpha value is -2.09. The highest BCUT2D eigenvalue weighted by atomic mass is 79.9. The number of halogens is 2. The van der Waals surface area contributed by atoms with Crippen molar-refractivity contribution < 1.29 is 14.7 Å². The van der Waals surface area contributed by atoms with Gasteiger partial charge in [0.25, 0.3) is 0 Å². The first kappa shape index (κ1) is 26.0. The summed E-state index contributed by atoms with van der Waals surface area (Å²) >= 11 is 8.56. The van der Waals surface area contributed by atoms with E-state index >= 15 is 0 Å². The third kappa shape index (κ3) is 4.83. The Bertz CT molecular complexity index is 1250. The lowest BCUT2D eigenvalue weighted by Gasteiger charge is -2.37. The van der Waals surface area contributed by atoms with E-state index in [9.17, 15) is 14.7 Å². The fraction of sp³-hybridized carbons (Fsp3) is 0.286. The smallest absolute Gasteiger partial charge is 0.323 e. The lowest BCUT2D eigenvalue weighted by atomic mass is 9.81. The first-order valence-corrected chi connectivity index (χ1v) is 13.9. The van der Waals surface area contributed by atoms with E-state index in [1.807, 2.05) is 93.6 Å². The van der Waals surface area contributed by atoms with Crippen LogP contribution in [0.1, 0.15) is 37.4 Å². The van der Waals surface area contributed by atoms with Gasteiger partial charge in [-0.15, -0.1) is 11.8 Å². The third-order valence-corrected chi connectivity index (χ3v) is 9.30. The number of rotatable bonds is 7. The summed E-state index contributed by atoms with van der Waals surface area (Å²) < 4.78 is 0.0703. The summed E-state index contributed by atoms with van der Waals surface area (Å²) in [5, 5.41) is 11.0. The zero-order chi connectivity index (χ0) is 25.3. The van der Waals surface area contributed by atoms with Gasteiger partial charge in [0.1, 0.15) is 0 Å². The lowest BCUT2D eigenvalue weighted by Crippen LogP contribution is -2.46. The molecular formula is C28H27Br2NO3S. The SMILES string of the molecule is Cc1ccc(S[C@]2(C(=O)O)[C@@H](CC(C)C)C(=O)N(c3ccccc3Br)[C@@H]2c2ccccc2Br)cc1. The maximum absolute atomic E-state index is 14.3. The number of anilines is 1. The number of aliphatic carboxylic acids is 1. The minimum Gasteiger partial charge on any atom is -0.480 e. The second-order valence-electron chi connectivity index (χ2n) is 9.28. The zero-order valence-corrected chi connectivity index (χ0v) is 23.7. The number of nitrogens with zero attached hydrogens (tertiary/aromatic N) is 1. The van der Waals surface area contributed by atoms with Crippen molar-refractivity contribution in [3.8, 4) is 0 Å². The Morgan fingerprint density at radius 1 is 1.00 bits per heavy atom. The molecule has 3 aromatic carbocycles. The van der Waals surface area contributed by atoms with E-state index in [-0.39, 0.29) is 11.8 Å². The summed E-state index contributed by atoms with van der Waals surface area (Å²) in [4.78, 5) is 30.3. The van der Waals surface area contributed by atoms with Gasteiger partial charge in [0.2, 0.25) is 5.91 Å². The van der Waals surface area contributed by atoms with E-state index in [2.05, 4.69) is 31.9 Å². The predicted molar refractivity (Wildman–Crippen MR) is 149 cm³/mol. The van der Waals surface area contributed by atoms with Crippen LogP contribution in [-0.4, -0.2) is 21.7 Å². The maximum Gasteiger partial charge on any atom is 0.323 e. The molecule has 1 heterocycles. The Balaban J connectivity index is 2.03. The van der Waals surface area contributed by atoms with Gasteiger partial charge in [-0.2, -0.15) is 0 Å². The van der Waals surface area contributed by atoms with Gasteiger partial charge >= 0.3 is 5.97 Å². The fourth-order valence-electron chi connectivity index (χ4n) is 4.82. The van der Waals surface area contributed by atoms with Crippen molar-refractivity contribution in [1.29, 1.82) is 0 Å². The quantitative estimate of drug-likeness (QED) is 0.293.